The van der Waals surface area contributed by atoms with E-state index in [1.807, 2.05) is 18.2 Å². The molecule has 2 atom stereocenters. The third kappa shape index (κ3) is 6.49. The van der Waals surface area contributed by atoms with Gasteiger partial charge in [0.2, 0.25) is 0 Å². The summed E-state index contributed by atoms with van der Waals surface area (Å²) in [5, 5.41) is 3.39. The van der Waals surface area contributed by atoms with Gasteiger partial charge < -0.3 is 30.2 Å². The molecule has 0 radical (unpaired) electrons. The van der Waals surface area contributed by atoms with Gasteiger partial charge in [-0.05, 0) is 30.5 Å². The minimum Gasteiger partial charge on any atom is -0.484 e. The average molecular weight is 504 g/mol. The summed E-state index contributed by atoms with van der Waals surface area (Å²) in [5.41, 5.74) is 6.15. The number of nitrogens with one attached hydrogen (secondary N) is 1. The van der Waals surface area contributed by atoms with E-state index in [2.05, 4.69) is 15.2 Å². The fourth-order valence-corrected chi connectivity index (χ4v) is 3.40. The van der Waals surface area contributed by atoms with Crippen LogP contribution in [0.25, 0.3) is 0 Å². The Kier molecular flexibility index (Phi) is 9.26. The Morgan fingerprint density at radius 3 is 2.89 bits per heavy atom. The number of benzene rings is 1. The molecule has 28 heavy (non-hydrogen) atoms. The number of carbonyl (C=O) groups excluding carboxylic acids is 1. The molecule has 0 aromatic heterocycles. The first kappa shape index (κ1) is 22.7. The van der Waals surface area contributed by atoms with Crippen LogP contribution >= 0.6 is 24.0 Å². The number of carbonyl (C=O) groups is 1. The van der Waals surface area contributed by atoms with Gasteiger partial charge in [-0.25, -0.2) is 0 Å². The van der Waals surface area contributed by atoms with Crippen molar-refractivity contribution in [3.8, 4) is 5.75 Å². The van der Waals surface area contributed by atoms with Gasteiger partial charge in [0.25, 0.3) is 5.91 Å². The topological polar surface area (TPSA) is 98.4 Å². The fraction of sp³-hybridized carbons (Fsp3) is 0.579. The molecular formula is C19H29IN4O4. The summed E-state index contributed by atoms with van der Waals surface area (Å²) in [6, 6.07) is 7.57. The summed E-state index contributed by atoms with van der Waals surface area (Å²) >= 11 is 0. The van der Waals surface area contributed by atoms with Crippen molar-refractivity contribution in [3.63, 3.8) is 0 Å². The number of guanidine groups is 1. The third-order valence-corrected chi connectivity index (χ3v) is 4.71. The van der Waals surface area contributed by atoms with Gasteiger partial charge in [-0.2, -0.15) is 0 Å². The molecule has 1 aromatic carbocycles. The number of morpholine rings is 1. The minimum absolute atomic E-state index is 0. The molecule has 2 saturated heterocycles. The highest BCUT2D eigenvalue weighted by atomic mass is 127. The van der Waals surface area contributed by atoms with Crippen LogP contribution in [0.3, 0.4) is 0 Å². The van der Waals surface area contributed by atoms with Gasteiger partial charge in [-0.15, -0.1) is 24.0 Å². The van der Waals surface area contributed by atoms with Gasteiger partial charge >= 0.3 is 0 Å². The smallest absolute Gasteiger partial charge is 0.255 e. The van der Waals surface area contributed by atoms with Crippen LogP contribution in [-0.4, -0.2) is 68.9 Å². The number of nitrogens with zero attached hydrogens (tertiary/aromatic N) is 2. The van der Waals surface area contributed by atoms with Crippen LogP contribution in [-0.2, 0) is 20.8 Å². The number of nitrogens with two attached hydrogens (primary N) is 1. The zero-order valence-corrected chi connectivity index (χ0v) is 18.5. The molecule has 0 bridgehead atoms. The van der Waals surface area contributed by atoms with Crippen LogP contribution in [0.1, 0.15) is 18.4 Å². The SMILES string of the molecule is CN=C(NCc1cccc(OCC(N)=O)c1)N1CCOC(C2CCCO2)C1.I. The molecule has 2 heterocycles. The van der Waals surface area contributed by atoms with Crippen LogP contribution < -0.4 is 15.8 Å². The highest BCUT2D eigenvalue weighted by molar-refractivity contribution is 14.0. The van der Waals surface area contributed by atoms with Crippen molar-refractivity contribution in [2.45, 2.75) is 31.6 Å². The van der Waals surface area contributed by atoms with Crippen LogP contribution in [0.2, 0.25) is 0 Å². The summed E-state index contributed by atoms with van der Waals surface area (Å²) in [6.45, 7) is 3.53. The van der Waals surface area contributed by atoms with Gasteiger partial charge in [0.15, 0.2) is 12.6 Å². The monoisotopic (exact) mass is 504 g/mol. The molecule has 0 aliphatic carbocycles. The molecule has 9 heteroatoms. The second kappa shape index (κ2) is 11.4. The normalized spacial score (nSPS) is 22.5. The van der Waals surface area contributed by atoms with Crippen LogP contribution in [0.4, 0.5) is 0 Å². The summed E-state index contributed by atoms with van der Waals surface area (Å²) in [4.78, 5) is 17.5. The Morgan fingerprint density at radius 1 is 1.36 bits per heavy atom. The number of primary amides is 1. The lowest BCUT2D eigenvalue weighted by Crippen LogP contribution is -2.53. The van der Waals surface area contributed by atoms with E-state index in [9.17, 15) is 4.79 Å². The highest BCUT2D eigenvalue weighted by Crippen LogP contribution is 2.21. The zero-order valence-electron chi connectivity index (χ0n) is 16.1. The molecule has 2 aliphatic rings. The van der Waals surface area contributed by atoms with E-state index in [1.165, 1.54) is 0 Å². The van der Waals surface area contributed by atoms with Crippen molar-refractivity contribution in [2.24, 2.45) is 10.7 Å². The van der Waals surface area contributed by atoms with E-state index >= 15 is 0 Å². The number of amides is 1. The molecular weight excluding hydrogens is 475 g/mol. The van der Waals surface area contributed by atoms with E-state index < -0.39 is 5.91 Å². The summed E-state index contributed by atoms with van der Waals surface area (Å²) in [5.74, 6) is 0.963. The first-order valence-corrected chi connectivity index (χ1v) is 9.34. The second-order valence-electron chi connectivity index (χ2n) is 6.71. The van der Waals surface area contributed by atoms with E-state index in [0.29, 0.717) is 18.9 Å². The quantitative estimate of drug-likeness (QED) is 0.343. The van der Waals surface area contributed by atoms with Crippen LogP contribution in [0, 0.1) is 0 Å². The van der Waals surface area contributed by atoms with Gasteiger partial charge in [0.05, 0.1) is 12.7 Å². The lowest BCUT2D eigenvalue weighted by molar-refractivity contribution is -0.119. The highest BCUT2D eigenvalue weighted by Gasteiger charge is 2.32. The molecule has 3 N–H and O–H groups in total. The first-order chi connectivity index (χ1) is 13.2. The summed E-state index contributed by atoms with van der Waals surface area (Å²) in [7, 11) is 1.78. The Balaban J connectivity index is 0.00000280. The predicted octanol–water partition coefficient (Wildman–Crippen LogP) is 1.12. The number of hydrogen-bond acceptors (Lipinski definition) is 5. The number of aliphatic imine (C=N–C) groups is 1. The molecule has 1 amide bonds. The number of hydrogen-bond donors (Lipinski definition) is 2. The van der Waals surface area contributed by atoms with Gasteiger partial charge in [0, 0.05) is 33.3 Å². The second-order valence-corrected chi connectivity index (χ2v) is 6.71. The average Bonchev–Trinajstić information content (AvgIpc) is 3.22. The molecule has 1 aromatic rings. The van der Waals surface area contributed by atoms with Crippen molar-refractivity contribution in [2.75, 3.05) is 40.0 Å². The van der Waals surface area contributed by atoms with Crippen molar-refractivity contribution < 1.29 is 19.0 Å². The van der Waals surface area contributed by atoms with Crippen molar-refractivity contribution >= 4 is 35.8 Å². The van der Waals surface area contributed by atoms with E-state index in [4.69, 9.17) is 19.9 Å². The standard InChI is InChI=1S/C19H28N4O4.HI/c1-21-19(23-7-9-26-17(12-23)16-6-3-8-25-16)22-11-14-4-2-5-15(10-14)27-13-18(20)24;/h2,4-5,10,16-17H,3,6-9,11-13H2,1H3,(H2,20,24)(H,21,22);1H. The molecule has 2 unspecified atom stereocenters. The maximum Gasteiger partial charge on any atom is 0.255 e. The maximum atomic E-state index is 10.9. The molecule has 2 aliphatic heterocycles. The van der Waals surface area contributed by atoms with Crippen molar-refractivity contribution in [1.29, 1.82) is 0 Å². The van der Waals surface area contributed by atoms with E-state index in [1.54, 1.807) is 13.1 Å². The number of ether oxygens (including phenoxy) is 3. The molecule has 3 rings (SSSR count). The van der Waals surface area contributed by atoms with E-state index in [0.717, 1.165) is 44.1 Å². The molecule has 2 fully saturated rings. The fourth-order valence-electron chi connectivity index (χ4n) is 3.40. The minimum atomic E-state index is -0.493. The van der Waals surface area contributed by atoms with Crippen LogP contribution in [0.15, 0.2) is 29.3 Å². The van der Waals surface area contributed by atoms with Crippen molar-refractivity contribution in [3.05, 3.63) is 29.8 Å². The zero-order chi connectivity index (χ0) is 19.1. The van der Waals surface area contributed by atoms with Gasteiger partial charge in [-0.1, -0.05) is 12.1 Å². The Bertz CT molecular complexity index is 667. The Hall–Kier alpha value is -1.59. The van der Waals surface area contributed by atoms with Gasteiger partial charge in [-0.3, -0.25) is 9.79 Å². The summed E-state index contributed by atoms with van der Waals surface area (Å²) in [6.07, 6.45) is 2.43. The Morgan fingerprint density at radius 2 is 2.18 bits per heavy atom. The molecule has 156 valence electrons. The Labute approximate surface area is 182 Å². The van der Waals surface area contributed by atoms with Gasteiger partial charge in [0.1, 0.15) is 11.9 Å². The molecule has 0 saturated carbocycles. The predicted molar refractivity (Wildman–Crippen MR) is 117 cm³/mol. The molecule has 0 spiro atoms. The summed E-state index contributed by atoms with van der Waals surface area (Å²) < 4.78 is 17.0. The lowest BCUT2D eigenvalue weighted by Gasteiger charge is -2.37. The largest absolute Gasteiger partial charge is 0.484 e. The van der Waals surface area contributed by atoms with Crippen LogP contribution in [0.5, 0.6) is 5.75 Å². The maximum absolute atomic E-state index is 10.9. The first-order valence-electron chi connectivity index (χ1n) is 9.34. The van der Waals surface area contributed by atoms with E-state index in [-0.39, 0.29) is 42.8 Å². The lowest BCUT2D eigenvalue weighted by atomic mass is 10.1. The number of halogens is 1. The van der Waals surface area contributed by atoms with Crippen molar-refractivity contribution in [1.82, 2.24) is 10.2 Å². The number of rotatable bonds is 6. The molecule has 8 nitrogen and oxygen atoms in total. The third-order valence-electron chi connectivity index (χ3n) is 4.71.